The minimum absolute atomic E-state index is 0.0911. The Bertz CT molecular complexity index is 747. The van der Waals surface area contributed by atoms with Crippen LogP contribution in [-0.4, -0.2) is 49.5 Å². The van der Waals surface area contributed by atoms with Crippen LogP contribution in [-0.2, 0) is 18.4 Å². The van der Waals surface area contributed by atoms with Gasteiger partial charge >= 0.3 is 5.97 Å². The average Bonchev–Trinajstić information content (AvgIpc) is 3.11. The van der Waals surface area contributed by atoms with Crippen molar-refractivity contribution in [3.63, 3.8) is 0 Å². The van der Waals surface area contributed by atoms with Gasteiger partial charge in [-0.05, 0) is 0 Å². The van der Waals surface area contributed by atoms with Crippen LogP contribution in [0.1, 0.15) is 27.3 Å². The fourth-order valence-corrected chi connectivity index (χ4v) is 1.87. The molecule has 0 saturated carbocycles. The maximum atomic E-state index is 12.2. The molecular weight excluding hydrogens is 304 g/mol. The van der Waals surface area contributed by atoms with Crippen molar-refractivity contribution < 1.29 is 19.5 Å². The number of nitrogens with one attached hydrogen (secondary N) is 2. The zero-order valence-electron chi connectivity index (χ0n) is 12.6. The van der Waals surface area contributed by atoms with E-state index < -0.39 is 17.8 Å². The van der Waals surface area contributed by atoms with E-state index in [0.717, 1.165) is 0 Å². The molecule has 2 aromatic rings. The topological polar surface area (TPSA) is 131 Å². The molecule has 0 saturated heterocycles. The Morgan fingerprint density at radius 2 is 2.00 bits per heavy atom. The van der Waals surface area contributed by atoms with E-state index in [4.69, 9.17) is 5.11 Å². The molecule has 0 fully saturated rings. The van der Waals surface area contributed by atoms with Crippen molar-refractivity contribution in [2.24, 2.45) is 7.05 Å². The maximum absolute atomic E-state index is 12.2. The minimum atomic E-state index is -0.947. The summed E-state index contributed by atoms with van der Waals surface area (Å²) in [7, 11) is 3.10. The van der Waals surface area contributed by atoms with Crippen LogP contribution in [0.5, 0.6) is 0 Å². The van der Waals surface area contributed by atoms with Crippen molar-refractivity contribution in [3.05, 3.63) is 29.8 Å². The Balaban J connectivity index is 2.10. The fraction of sp³-hybridized carbons (Fsp3) is 0.308. The number of carboxylic acids is 1. The lowest BCUT2D eigenvalue weighted by atomic mass is 10.3. The summed E-state index contributed by atoms with van der Waals surface area (Å²) in [5.41, 5.74) is 0.624. The lowest BCUT2D eigenvalue weighted by molar-refractivity contribution is -0.137. The second-order valence-electron chi connectivity index (χ2n) is 4.73. The van der Waals surface area contributed by atoms with Gasteiger partial charge in [-0.3, -0.25) is 23.7 Å². The van der Waals surface area contributed by atoms with Gasteiger partial charge in [0.25, 0.3) is 11.8 Å². The first-order valence-electron chi connectivity index (χ1n) is 6.72. The van der Waals surface area contributed by atoms with Crippen LogP contribution in [0.25, 0.3) is 0 Å². The normalized spacial score (nSPS) is 10.3. The zero-order chi connectivity index (χ0) is 17.0. The van der Waals surface area contributed by atoms with Crippen molar-refractivity contribution in [2.75, 3.05) is 12.4 Å². The third-order valence-electron chi connectivity index (χ3n) is 2.97. The summed E-state index contributed by atoms with van der Waals surface area (Å²) in [6.45, 7) is 0.166. The van der Waals surface area contributed by atoms with Gasteiger partial charge in [0.15, 0.2) is 5.69 Å². The van der Waals surface area contributed by atoms with Crippen molar-refractivity contribution >= 4 is 23.5 Å². The summed E-state index contributed by atoms with van der Waals surface area (Å²) >= 11 is 0. The smallest absolute Gasteiger partial charge is 0.305 e. The van der Waals surface area contributed by atoms with Crippen LogP contribution < -0.4 is 10.6 Å². The molecule has 0 aliphatic rings. The van der Waals surface area contributed by atoms with E-state index in [1.807, 2.05) is 0 Å². The number of amides is 2. The second-order valence-corrected chi connectivity index (χ2v) is 4.73. The van der Waals surface area contributed by atoms with Gasteiger partial charge in [0, 0.05) is 26.5 Å². The van der Waals surface area contributed by atoms with Gasteiger partial charge < -0.3 is 15.7 Å². The first-order valence-corrected chi connectivity index (χ1v) is 6.72. The standard InChI is InChI=1S/C13H16N6O4/c1-14-13(23)11-9(7-18(2)17-11)16-12(22)8-5-15-19(6-8)4-3-10(20)21/h5-7H,3-4H2,1-2H3,(H,14,23)(H,16,22)(H,20,21). The first kappa shape index (κ1) is 16.2. The Kier molecular flexibility index (Phi) is 4.74. The predicted molar refractivity (Wildman–Crippen MR) is 79.0 cm³/mol. The molecule has 0 aliphatic heterocycles. The Hall–Kier alpha value is -3.17. The molecule has 0 aliphatic carbocycles. The summed E-state index contributed by atoms with van der Waals surface area (Å²) in [6.07, 6.45) is 4.19. The molecule has 2 heterocycles. The molecule has 23 heavy (non-hydrogen) atoms. The molecule has 0 radical (unpaired) electrons. The number of nitrogens with zero attached hydrogens (tertiary/aromatic N) is 4. The number of carboxylic acid groups (broad SMARTS) is 1. The van der Waals surface area contributed by atoms with Crippen LogP contribution in [0.3, 0.4) is 0 Å². The Morgan fingerprint density at radius 1 is 1.26 bits per heavy atom. The highest BCUT2D eigenvalue weighted by molar-refractivity contribution is 6.07. The highest BCUT2D eigenvalue weighted by Gasteiger charge is 2.18. The molecule has 0 atom stereocenters. The predicted octanol–water partition coefficient (Wildman–Crippen LogP) is -0.297. The van der Waals surface area contributed by atoms with E-state index in [2.05, 4.69) is 20.8 Å². The third kappa shape index (κ3) is 3.93. The first-order chi connectivity index (χ1) is 10.9. The maximum Gasteiger partial charge on any atom is 0.305 e. The number of carbonyl (C=O) groups excluding carboxylic acids is 2. The van der Waals surface area contributed by atoms with Crippen LogP contribution in [0.4, 0.5) is 5.69 Å². The summed E-state index contributed by atoms with van der Waals surface area (Å²) in [4.78, 5) is 34.4. The fourth-order valence-electron chi connectivity index (χ4n) is 1.87. The third-order valence-corrected chi connectivity index (χ3v) is 2.97. The molecule has 0 unspecified atom stereocenters. The highest BCUT2D eigenvalue weighted by atomic mass is 16.4. The van der Waals surface area contributed by atoms with Crippen molar-refractivity contribution in [1.29, 1.82) is 0 Å². The molecule has 2 amide bonds. The number of hydrogen-bond donors (Lipinski definition) is 3. The minimum Gasteiger partial charge on any atom is -0.481 e. The van der Waals surface area contributed by atoms with Crippen LogP contribution >= 0.6 is 0 Å². The van der Waals surface area contributed by atoms with Crippen LogP contribution in [0, 0.1) is 0 Å². The van der Waals surface area contributed by atoms with Gasteiger partial charge in [0.2, 0.25) is 0 Å². The number of carbonyl (C=O) groups is 3. The number of aromatic nitrogens is 4. The molecule has 122 valence electrons. The van der Waals surface area contributed by atoms with Gasteiger partial charge in [0.1, 0.15) is 0 Å². The van der Waals surface area contributed by atoms with Gasteiger partial charge in [-0.1, -0.05) is 0 Å². The van der Waals surface area contributed by atoms with Crippen LogP contribution in [0.2, 0.25) is 0 Å². The molecule has 0 bridgehead atoms. The summed E-state index contributed by atoms with van der Waals surface area (Å²) in [5.74, 6) is -1.83. The van der Waals surface area contributed by atoms with Crippen LogP contribution in [0.15, 0.2) is 18.6 Å². The summed E-state index contributed by atoms with van der Waals surface area (Å²) < 4.78 is 2.78. The number of anilines is 1. The average molecular weight is 320 g/mol. The van der Waals surface area contributed by atoms with Crippen molar-refractivity contribution in [3.8, 4) is 0 Å². The zero-order valence-corrected chi connectivity index (χ0v) is 12.6. The molecule has 0 aromatic carbocycles. The van der Waals surface area contributed by atoms with Gasteiger partial charge in [-0.2, -0.15) is 10.2 Å². The van der Waals surface area contributed by atoms with E-state index in [9.17, 15) is 14.4 Å². The lowest BCUT2D eigenvalue weighted by Gasteiger charge is -2.02. The quantitative estimate of drug-likeness (QED) is 0.670. The van der Waals surface area contributed by atoms with Gasteiger partial charge in [0.05, 0.1) is 30.4 Å². The summed E-state index contributed by atoms with van der Waals surface area (Å²) in [6, 6.07) is 0. The second kappa shape index (κ2) is 6.73. The number of hydrogen-bond acceptors (Lipinski definition) is 5. The number of aliphatic carboxylic acids is 1. The molecule has 10 nitrogen and oxygen atoms in total. The summed E-state index contributed by atoms with van der Waals surface area (Å²) in [5, 5.41) is 21.6. The van der Waals surface area contributed by atoms with Gasteiger partial charge in [-0.25, -0.2) is 0 Å². The van der Waals surface area contributed by atoms with E-state index in [1.54, 1.807) is 7.05 Å². The van der Waals surface area contributed by atoms with Gasteiger partial charge in [-0.15, -0.1) is 0 Å². The number of aryl methyl sites for hydroxylation is 2. The van der Waals surface area contributed by atoms with Crippen molar-refractivity contribution in [2.45, 2.75) is 13.0 Å². The molecule has 0 spiro atoms. The number of rotatable bonds is 6. The molecular formula is C13H16N6O4. The van der Waals surface area contributed by atoms with E-state index >= 15 is 0 Å². The van der Waals surface area contributed by atoms with E-state index in [1.165, 1.54) is 35.0 Å². The Labute approximate surface area is 131 Å². The Morgan fingerprint density at radius 3 is 2.65 bits per heavy atom. The lowest BCUT2D eigenvalue weighted by Crippen LogP contribution is -2.21. The molecule has 10 heteroatoms. The molecule has 2 rings (SSSR count). The molecule has 3 N–H and O–H groups in total. The highest BCUT2D eigenvalue weighted by Crippen LogP contribution is 2.14. The van der Waals surface area contributed by atoms with E-state index in [0.29, 0.717) is 0 Å². The van der Waals surface area contributed by atoms with Crippen molar-refractivity contribution in [1.82, 2.24) is 24.9 Å². The largest absolute Gasteiger partial charge is 0.481 e. The van der Waals surface area contributed by atoms with E-state index in [-0.39, 0.29) is 29.9 Å². The monoisotopic (exact) mass is 320 g/mol. The SMILES string of the molecule is CNC(=O)c1nn(C)cc1NC(=O)c1cnn(CCC(=O)O)c1. The molecule has 2 aromatic heterocycles.